The first-order chi connectivity index (χ1) is 7.77. The Kier molecular flexibility index (Phi) is 4.16. The van der Waals surface area contributed by atoms with Crippen LogP contribution in [0.25, 0.3) is 0 Å². The number of rotatable bonds is 5. The molecule has 1 aromatic heterocycles. The fourth-order valence-electron chi connectivity index (χ4n) is 1.15. The Morgan fingerprint density at radius 1 is 1.35 bits per heavy atom. The van der Waals surface area contributed by atoms with E-state index in [-0.39, 0.29) is 6.54 Å². The highest BCUT2D eigenvalue weighted by Crippen LogP contribution is 2.30. The van der Waals surface area contributed by atoms with Gasteiger partial charge in [-0.2, -0.15) is 8.78 Å². The van der Waals surface area contributed by atoms with Crippen LogP contribution < -0.4 is 0 Å². The summed E-state index contributed by atoms with van der Waals surface area (Å²) in [6, 6.07) is 3.90. The van der Waals surface area contributed by atoms with Crippen LogP contribution in [0.1, 0.15) is 6.42 Å². The second kappa shape index (κ2) is 5.05. The average molecular weight is 264 g/mol. The summed E-state index contributed by atoms with van der Waals surface area (Å²) in [7, 11) is -1.50. The van der Waals surface area contributed by atoms with Crippen molar-refractivity contribution in [2.45, 2.75) is 16.7 Å². The molecule has 0 N–H and O–H groups in total. The molecule has 96 valence electrons. The van der Waals surface area contributed by atoms with E-state index >= 15 is 0 Å². The highest BCUT2D eigenvalue weighted by Gasteiger charge is 2.46. The summed E-state index contributed by atoms with van der Waals surface area (Å²) in [5, 5.41) is -4.39. The van der Waals surface area contributed by atoms with Gasteiger partial charge in [0.1, 0.15) is 0 Å². The molecule has 0 radical (unpaired) electrons. The van der Waals surface area contributed by atoms with Crippen molar-refractivity contribution < 1.29 is 17.2 Å². The van der Waals surface area contributed by atoms with Gasteiger partial charge in [-0.15, -0.1) is 0 Å². The van der Waals surface area contributed by atoms with E-state index in [0.717, 1.165) is 6.07 Å². The molecule has 1 aromatic rings. The van der Waals surface area contributed by atoms with Gasteiger partial charge in [-0.1, -0.05) is 6.07 Å². The summed E-state index contributed by atoms with van der Waals surface area (Å²) < 4.78 is 50.5. The van der Waals surface area contributed by atoms with Crippen molar-refractivity contribution in [1.82, 2.24) is 9.88 Å². The van der Waals surface area contributed by atoms with Crippen molar-refractivity contribution in [1.29, 1.82) is 0 Å². The largest absolute Gasteiger partial charge is 0.352 e. The third kappa shape index (κ3) is 3.19. The van der Waals surface area contributed by atoms with Crippen LogP contribution in [-0.4, -0.2) is 44.2 Å². The zero-order chi connectivity index (χ0) is 13.1. The molecule has 1 heterocycles. The highest BCUT2D eigenvalue weighted by atomic mass is 32.2. The number of sulfone groups is 1. The van der Waals surface area contributed by atoms with Gasteiger partial charge in [0, 0.05) is 19.2 Å². The van der Waals surface area contributed by atoms with Gasteiger partial charge in [0.2, 0.25) is 0 Å². The molecule has 0 atom stereocenters. The maximum Gasteiger partial charge on any atom is 0.352 e. The maximum absolute atomic E-state index is 13.6. The maximum atomic E-state index is 13.6. The van der Waals surface area contributed by atoms with Gasteiger partial charge in [-0.25, -0.2) is 13.4 Å². The Morgan fingerprint density at radius 3 is 2.47 bits per heavy atom. The van der Waals surface area contributed by atoms with Crippen molar-refractivity contribution in [2.24, 2.45) is 0 Å². The molecule has 0 unspecified atom stereocenters. The number of halogens is 2. The lowest BCUT2D eigenvalue weighted by atomic mass is 10.4. The minimum Gasteiger partial charge on any atom is -0.309 e. The lowest BCUT2D eigenvalue weighted by Crippen LogP contribution is -2.33. The quantitative estimate of drug-likeness (QED) is 0.806. The van der Waals surface area contributed by atoms with E-state index in [0.29, 0.717) is 0 Å². The van der Waals surface area contributed by atoms with Gasteiger partial charge >= 0.3 is 5.25 Å². The summed E-state index contributed by atoms with van der Waals surface area (Å²) in [4.78, 5) is 4.96. The molecule has 0 bridgehead atoms. The van der Waals surface area contributed by atoms with Crippen LogP contribution in [-0.2, 0) is 9.84 Å². The normalized spacial score (nSPS) is 13.0. The Hall–Kier alpha value is -1.08. The van der Waals surface area contributed by atoms with E-state index in [2.05, 4.69) is 4.98 Å². The van der Waals surface area contributed by atoms with Crippen LogP contribution in [0.3, 0.4) is 0 Å². The summed E-state index contributed by atoms with van der Waals surface area (Å²) in [5.74, 6) is 0. The van der Waals surface area contributed by atoms with Gasteiger partial charge in [-0.05, 0) is 26.2 Å². The predicted octanol–water partition coefficient (Wildman–Crippen LogP) is 1.40. The fourth-order valence-corrected chi connectivity index (χ4v) is 2.27. The summed E-state index contributed by atoms with van der Waals surface area (Å²) in [6.07, 6.45) is 0.424. The monoisotopic (exact) mass is 264 g/mol. The second-order valence-electron chi connectivity index (χ2n) is 3.86. The van der Waals surface area contributed by atoms with Crippen molar-refractivity contribution in [3.8, 4) is 0 Å². The lowest BCUT2D eigenvalue weighted by molar-refractivity contribution is 0.0731. The van der Waals surface area contributed by atoms with Crippen LogP contribution in [0.5, 0.6) is 0 Å². The van der Waals surface area contributed by atoms with Crippen molar-refractivity contribution >= 4 is 9.84 Å². The first kappa shape index (κ1) is 14.0. The molecule has 0 aliphatic heterocycles. The van der Waals surface area contributed by atoms with Gasteiger partial charge in [0.05, 0.1) is 0 Å². The Balaban J connectivity index is 2.97. The Morgan fingerprint density at radius 2 is 2.00 bits per heavy atom. The number of pyridine rings is 1. The SMILES string of the molecule is CN(C)CCC(F)(F)S(=O)(=O)c1ccccn1. The number of hydrogen-bond acceptors (Lipinski definition) is 4. The zero-order valence-electron chi connectivity index (χ0n) is 9.60. The van der Waals surface area contributed by atoms with E-state index < -0.39 is 26.5 Å². The van der Waals surface area contributed by atoms with Crippen LogP contribution in [0, 0.1) is 0 Å². The molecule has 0 aliphatic rings. The highest BCUT2D eigenvalue weighted by molar-refractivity contribution is 7.92. The smallest absolute Gasteiger partial charge is 0.309 e. The number of hydrogen-bond donors (Lipinski definition) is 0. The standard InChI is InChI=1S/C10H14F2N2O2S/c1-14(2)8-6-10(11,12)17(15,16)9-5-3-4-7-13-9/h3-5,7H,6,8H2,1-2H3. The summed E-state index contributed by atoms with van der Waals surface area (Å²) in [5.41, 5.74) is 0. The summed E-state index contributed by atoms with van der Waals surface area (Å²) in [6.45, 7) is -0.0148. The Bertz CT molecular complexity index is 460. The third-order valence-electron chi connectivity index (χ3n) is 2.16. The van der Waals surface area contributed by atoms with E-state index in [4.69, 9.17) is 0 Å². The van der Waals surface area contributed by atoms with E-state index in [1.54, 1.807) is 14.1 Å². The molecule has 0 aliphatic carbocycles. The molecule has 0 amide bonds. The fraction of sp³-hybridized carbons (Fsp3) is 0.500. The molecule has 0 spiro atoms. The molecule has 0 saturated carbocycles. The van der Waals surface area contributed by atoms with Gasteiger partial charge in [0.25, 0.3) is 9.84 Å². The molecule has 17 heavy (non-hydrogen) atoms. The lowest BCUT2D eigenvalue weighted by Gasteiger charge is -2.18. The zero-order valence-corrected chi connectivity index (χ0v) is 10.4. The van der Waals surface area contributed by atoms with E-state index in [1.165, 1.54) is 23.2 Å². The molecule has 1 rings (SSSR count). The van der Waals surface area contributed by atoms with Crippen molar-refractivity contribution in [3.63, 3.8) is 0 Å². The topological polar surface area (TPSA) is 50.3 Å². The molecular formula is C10H14F2N2O2S. The molecule has 0 fully saturated rings. The van der Waals surface area contributed by atoms with Gasteiger partial charge in [0.15, 0.2) is 5.03 Å². The van der Waals surface area contributed by atoms with Crippen LogP contribution in [0.15, 0.2) is 29.4 Å². The first-order valence-electron chi connectivity index (χ1n) is 4.95. The van der Waals surface area contributed by atoms with Crippen LogP contribution in [0.2, 0.25) is 0 Å². The Labute approximate surface area is 99.2 Å². The van der Waals surface area contributed by atoms with Crippen LogP contribution in [0.4, 0.5) is 8.78 Å². The van der Waals surface area contributed by atoms with E-state index in [9.17, 15) is 17.2 Å². The van der Waals surface area contributed by atoms with Gasteiger partial charge in [-0.3, -0.25) is 0 Å². The average Bonchev–Trinajstić information content (AvgIpc) is 2.27. The molecule has 7 heteroatoms. The first-order valence-corrected chi connectivity index (χ1v) is 6.44. The second-order valence-corrected chi connectivity index (χ2v) is 5.88. The van der Waals surface area contributed by atoms with Crippen molar-refractivity contribution in [3.05, 3.63) is 24.4 Å². The molecule has 0 aromatic carbocycles. The van der Waals surface area contributed by atoms with E-state index in [1.807, 2.05) is 0 Å². The molecular weight excluding hydrogens is 250 g/mol. The third-order valence-corrected chi connectivity index (χ3v) is 3.94. The minimum absolute atomic E-state index is 0.0148. The van der Waals surface area contributed by atoms with Gasteiger partial charge < -0.3 is 4.90 Å². The van der Waals surface area contributed by atoms with Crippen molar-refractivity contribution in [2.75, 3.05) is 20.6 Å². The minimum atomic E-state index is -4.71. The van der Waals surface area contributed by atoms with Crippen LogP contribution >= 0.6 is 0 Å². The predicted molar refractivity (Wildman–Crippen MR) is 59.5 cm³/mol. The summed E-state index contributed by atoms with van der Waals surface area (Å²) >= 11 is 0. The number of alkyl halides is 2. The molecule has 0 saturated heterocycles. The number of aromatic nitrogens is 1. The molecule has 4 nitrogen and oxygen atoms in total. The number of nitrogens with zero attached hydrogens (tertiary/aromatic N) is 2.